The SMILES string of the molecule is N#Cc1ccc(NC(=O)CN2CCCC2C(=O)O)cc1Cl. The van der Waals surface area contributed by atoms with Crippen LogP contribution in [0.1, 0.15) is 18.4 Å². The Hall–Kier alpha value is -2.10. The van der Waals surface area contributed by atoms with Crippen molar-refractivity contribution in [2.75, 3.05) is 18.4 Å². The fourth-order valence-corrected chi connectivity index (χ4v) is 2.59. The first-order valence-electron chi connectivity index (χ1n) is 6.47. The van der Waals surface area contributed by atoms with E-state index < -0.39 is 12.0 Å². The Balaban J connectivity index is 1.97. The predicted octanol–water partition coefficient (Wildman–Crippen LogP) is 1.70. The third kappa shape index (κ3) is 3.72. The number of hydrogen-bond acceptors (Lipinski definition) is 4. The van der Waals surface area contributed by atoms with Gasteiger partial charge in [0.15, 0.2) is 0 Å². The second-order valence-corrected chi connectivity index (χ2v) is 5.23. The average Bonchev–Trinajstić information content (AvgIpc) is 2.87. The van der Waals surface area contributed by atoms with Crippen LogP contribution in [0.4, 0.5) is 5.69 Å². The monoisotopic (exact) mass is 307 g/mol. The molecule has 6 nitrogen and oxygen atoms in total. The molecule has 7 heteroatoms. The van der Waals surface area contributed by atoms with Gasteiger partial charge in [-0.2, -0.15) is 5.26 Å². The molecule has 0 saturated carbocycles. The van der Waals surface area contributed by atoms with Crippen LogP contribution in [0.25, 0.3) is 0 Å². The summed E-state index contributed by atoms with van der Waals surface area (Å²) in [6.45, 7) is 0.618. The lowest BCUT2D eigenvalue weighted by atomic mass is 10.2. The molecule has 2 rings (SSSR count). The highest BCUT2D eigenvalue weighted by atomic mass is 35.5. The summed E-state index contributed by atoms with van der Waals surface area (Å²) in [5.41, 5.74) is 0.815. The molecule has 0 aromatic heterocycles. The van der Waals surface area contributed by atoms with E-state index in [0.717, 1.165) is 6.42 Å². The van der Waals surface area contributed by atoms with E-state index in [0.29, 0.717) is 24.2 Å². The van der Waals surface area contributed by atoms with Crippen LogP contribution >= 0.6 is 11.6 Å². The molecule has 1 aliphatic rings. The molecule has 110 valence electrons. The number of aliphatic carboxylic acids is 1. The minimum absolute atomic E-state index is 0.0224. The van der Waals surface area contributed by atoms with E-state index in [1.165, 1.54) is 12.1 Å². The minimum Gasteiger partial charge on any atom is -0.480 e. The molecule has 1 amide bonds. The Morgan fingerprint density at radius 3 is 2.90 bits per heavy atom. The van der Waals surface area contributed by atoms with Crippen molar-refractivity contribution in [1.82, 2.24) is 4.90 Å². The number of likely N-dealkylation sites (tertiary alicyclic amines) is 1. The van der Waals surface area contributed by atoms with Gasteiger partial charge in [0, 0.05) is 5.69 Å². The molecule has 1 saturated heterocycles. The molecule has 2 N–H and O–H groups in total. The number of anilines is 1. The smallest absolute Gasteiger partial charge is 0.320 e. The second kappa shape index (κ2) is 6.57. The summed E-state index contributed by atoms with van der Waals surface area (Å²) in [6.07, 6.45) is 1.33. The van der Waals surface area contributed by atoms with Gasteiger partial charge in [0.2, 0.25) is 5.91 Å². The van der Waals surface area contributed by atoms with Crippen LogP contribution in [-0.4, -0.2) is 41.0 Å². The van der Waals surface area contributed by atoms with Gasteiger partial charge < -0.3 is 10.4 Å². The van der Waals surface area contributed by atoms with Crippen LogP contribution in [0.5, 0.6) is 0 Å². The zero-order valence-corrected chi connectivity index (χ0v) is 11.9. The molecular weight excluding hydrogens is 294 g/mol. The number of nitriles is 1. The van der Waals surface area contributed by atoms with Gasteiger partial charge in [0.1, 0.15) is 12.1 Å². The Labute approximate surface area is 126 Å². The maximum atomic E-state index is 11.9. The highest BCUT2D eigenvalue weighted by Gasteiger charge is 2.31. The van der Waals surface area contributed by atoms with Crippen molar-refractivity contribution in [3.8, 4) is 6.07 Å². The van der Waals surface area contributed by atoms with Gasteiger partial charge in [-0.15, -0.1) is 0 Å². The van der Waals surface area contributed by atoms with Crippen molar-refractivity contribution in [1.29, 1.82) is 5.26 Å². The number of halogens is 1. The molecule has 1 unspecified atom stereocenters. The summed E-state index contributed by atoms with van der Waals surface area (Å²) in [6, 6.07) is 5.94. The minimum atomic E-state index is -0.901. The maximum Gasteiger partial charge on any atom is 0.320 e. The van der Waals surface area contributed by atoms with Crippen molar-refractivity contribution in [2.24, 2.45) is 0 Å². The number of rotatable bonds is 4. The van der Waals surface area contributed by atoms with Crippen molar-refractivity contribution < 1.29 is 14.7 Å². The lowest BCUT2D eigenvalue weighted by Crippen LogP contribution is -2.40. The van der Waals surface area contributed by atoms with E-state index in [4.69, 9.17) is 22.0 Å². The number of amides is 1. The van der Waals surface area contributed by atoms with Crippen LogP contribution in [0.15, 0.2) is 18.2 Å². The largest absolute Gasteiger partial charge is 0.480 e. The standard InChI is InChI=1S/C14H14ClN3O3/c15-11-6-10(4-3-9(11)7-16)17-13(19)8-18-5-1-2-12(18)14(20)21/h3-4,6,12H,1-2,5,8H2,(H,17,19)(H,20,21). The quantitative estimate of drug-likeness (QED) is 0.883. The van der Waals surface area contributed by atoms with Crippen molar-refractivity contribution in [3.05, 3.63) is 28.8 Å². The molecule has 1 fully saturated rings. The summed E-state index contributed by atoms with van der Waals surface area (Å²) >= 11 is 5.89. The highest BCUT2D eigenvalue weighted by Crippen LogP contribution is 2.21. The first-order valence-corrected chi connectivity index (χ1v) is 6.85. The van der Waals surface area contributed by atoms with Crippen LogP contribution in [0, 0.1) is 11.3 Å². The molecule has 1 aliphatic heterocycles. The fourth-order valence-electron chi connectivity index (χ4n) is 2.36. The molecule has 0 spiro atoms. The van der Waals surface area contributed by atoms with E-state index in [1.807, 2.05) is 6.07 Å². The van der Waals surface area contributed by atoms with Gasteiger partial charge in [-0.1, -0.05) is 11.6 Å². The van der Waals surface area contributed by atoms with Gasteiger partial charge in [-0.3, -0.25) is 14.5 Å². The molecule has 0 radical (unpaired) electrons. The van der Waals surface area contributed by atoms with E-state index in [9.17, 15) is 9.59 Å². The van der Waals surface area contributed by atoms with Crippen LogP contribution in [-0.2, 0) is 9.59 Å². The summed E-state index contributed by atoms with van der Waals surface area (Å²) in [5, 5.41) is 20.8. The summed E-state index contributed by atoms with van der Waals surface area (Å²) in [4.78, 5) is 24.6. The first kappa shape index (κ1) is 15.3. The lowest BCUT2D eigenvalue weighted by Gasteiger charge is -2.20. The third-order valence-corrected chi connectivity index (χ3v) is 3.68. The Morgan fingerprint density at radius 1 is 1.52 bits per heavy atom. The predicted molar refractivity (Wildman–Crippen MR) is 77.0 cm³/mol. The number of nitrogens with one attached hydrogen (secondary N) is 1. The van der Waals surface area contributed by atoms with E-state index >= 15 is 0 Å². The molecular formula is C14H14ClN3O3. The van der Waals surface area contributed by atoms with E-state index in [2.05, 4.69) is 5.32 Å². The van der Waals surface area contributed by atoms with Crippen LogP contribution < -0.4 is 5.32 Å². The van der Waals surface area contributed by atoms with E-state index in [-0.39, 0.29) is 17.5 Å². The number of carboxylic acids is 1. The highest BCUT2D eigenvalue weighted by molar-refractivity contribution is 6.32. The first-order chi connectivity index (χ1) is 10.0. The van der Waals surface area contributed by atoms with Crippen LogP contribution in [0.2, 0.25) is 5.02 Å². The Morgan fingerprint density at radius 2 is 2.29 bits per heavy atom. The fraction of sp³-hybridized carbons (Fsp3) is 0.357. The lowest BCUT2D eigenvalue weighted by molar-refractivity contribution is -0.142. The number of carboxylic acid groups (broad SMARTS) is 1. The molecule has 1 aromatic rings. The molecule has 1 heterocycles. The Bertz CT molecular complexity index is 612. The molecule has 0 aliphatic carbocycles. The summed E-state index contributed by atoms with van der Waals surface area (Å²) in [5.74, 6) is -1.20. The number of carbonyl (C=O) groups is 2. The van der Waals surface area contributed by atoms with Gasteiger partial charge in [0.25, 0.3) is 0 Å². The molecule has 21 heavy (non-hydrogen) atoms. The third-order valence-electron chi connectivity index (χ3n) is 3.37. The topological polar surface area (TPSA) is 93.4 Å². The second-order valence-electron chi connectivity index (χ2n) is 4.82. The number of carbonyl (C=O) groups excluding carboxylic acids is 1. The zero-order valence-electron chi connectivity index (χ0n) is 11.2. The number of nitrogens with zero attached hydrogens (tertiary/aromatic N) is 2. The zero-order chi connectivity index (χ0) is 15.4. The number of benzene rings is 1. The van der Waals surface area contributed by atoms with Crippen LogP contribution in [0.3, 0.4) is 0 Å². The Kier molecular flexibility index (Phi) is 4.78. The summed E-state index contributed by atoms with van der Waals surface area (Å²) in [7, 11) is 0. The normalized spacial score (nSPS) is 18.2. The maximum absolute atomic E-state index is 11.9. The van der Waals surface area contributed by atoms with Gasteiger partial charge in [-0.05, 0) is 37.6 Å². The molecule has 1 atom stereocenters. The molecule has 0 bridgehead atoms. The summed E-state index contributed by atoms with van der Waals surface area (Å²) < 4.78 is 0. The van der Waals surface area contributed by atoms with Crippen molar-refractivity contribution >= 4 is 29.2 Å². The van der Waals surface area contributed by atoms with Gasteiger partial charge >= 0.3 is 5.97 Å². The van der Waals surface area contributed by atoms with E-state index in [1.54, 1.807) is 11.0 Å². The number of hydrogen-bond donors (Lipinski definition) is 2. The van der Waals surface area contributed by atoms with Gasteiger partial charge in [-0.25, -0.2) is 0 Å². The van der Waals surface area contributed by atoms with Gasteiger partial charge in [0.05, 0.1) is 17.1 Å². The molecule has 1 aromatic carbocycles. The average molecular weight is 308 g/mol. The van der Waals surface area contributed by atoms with Crippen molar-refractivity contribution in [2.45, 2.75) is 18.9 Å². The van der Waals surface area contributed by atoms with Crippen molar-refractivity contribution in [3.63, 3.8) is 0 Å².